The molecule has 0 amide bonds. The maximum atomic E-state index is 5.23. The van der Waals surface area contributed by atoms with Gasteiger partial charge in [0.1, 0.15) is 0 Å². The molecule has 2 N–H and O–H groups in total. The Morgan fingerprint density at radius 2 is 1.42 bits per heavy atom. The van der Waals surface area contributed by atoms with E-state index in [1.165, 1.54) is 11.3 Å². The molecule has 2 aromatic rings. The fraction of sp³-hybridized carbons (Fsp3) is 0.750. The van der Waals surface area contributed by atoms with E-state index in [0.29, 0.717) is 9.20 Å². The summed E-state index contributed by atoms with van der Waals surface area (Å²) in [7, 11) is 0. The van der Waals surface area contributed by atoms with E-state index >= 15 is 0 Å². The van der Waals surface area contributed by atoms with E-state index in [1.54, 1.807) is 23.1 Å². The molecule has 2 rings (SSSR count). The quantitative estimate of drug-likeness (QED) is 0.332. The van der Waals surface area contributed by atoms with Crippen LogP contribution in [0.3, 0.4) is 0 Å². The summed E-state index contributed by atoms with van der Waals surface area (Å²) < 4.78 is 3.33. The van der Waals surface area contributed by atoms with Gasteiger partial charge in [0.15, 0.2) is 16.6 Å². The minimum Gasteiger partial charge on any atom is -0.257 e. The van der Waals surface area contributed by atoms with Crippen LogP contribution in [0, 0.1) is 18.7 Å². The van der Waals surface area contributed by atoms with Crippen LogP contribution >= 0.6 is 70.6 Å². The van der Waals surface area contributed by atoms with E-state index in [-0.39, 0.29) is 15.6 Å². The third kappa shape index (κ3) is 6.41. The number of H-pyrrole nitrogens is 2. The summed E-state index contributed by atoms with van der Waals surface area (Å²) in [4.78, 5) is 0. The van der Waals surface area contributed by atoms with Crippen LogP contribution < -0.4 is 0 Å². The van der Waals surface area contributed by atoms with Gasteiger partial charge in [-0.25, -0.2) is 0 Å². The molecular formula is C16H26N4S6. The van der Waals surface area contributed by atoms with Gasteiger partial charge in [-0.2, -0.15) is 10.2 Å². The Labute approximate surface area is 182 Å². The molecular weight excluding hydrogens is 441 g/mol. The molecule has 1 atom stereocenters. The van der Waals surface area contributed by atoms with Crippen molar-refractivity contribution in [1.29, 1.82) is 0 Å². The van der Waals surface area contributed by atoms with E-state index in [9.17, 15) is 0 Å². The molecule has 0 fully saturated rings. The van der Waals surface area contributed by atoms with Gasteiger partial charge in [0.2, 0.25) is 0 Å². The van der Waals surface area contributed by atoms with Gasteiger partial charge in [-0.15, -0.1) is 0 Å². The molecule has 0 saturated heterocycles. The smallest absolute Gasteiger partial charge is 0.177 e. The van der Waals surface area contributed by atoms with Crippen LogP contribution in [0.1, 0.15) is 54.9 Å². The van der Waals surface area contributed by atoms with Crippen molar-refractivity contribution >= 4 is 70.6 Å². The zero-order valence-electron chi connectivity index (χ0n) is 16.1. The predicted octanol–water partition coefficient (Wildman–Crippen LogP) is 7.21. The molecule has 146 valence electrons. The third-order valence-corrected chi connectivity index (χ3v) is 9.47. The lowest BCUT2D eigenvalue weighted by Gasteiger charge is -2.45. The zero-order valence-corrected chi connectivity index (χ0v) is 21.0. The van der Waals surface area contributed by atoms with Crippen molar-refractivity contribution < 1.29 is 0 Å². The number of nitrogens with one attached hydrogen (secondary N) is 2. The summed E-state index contributed by atoms with van der Waals surface area (Å²) in [6, 6.07) is 0. The molecule has 4 nitrogen and oxygen atoms in total. The fourth-order valence-corrected chi connectivity index (χ4v) is 9.21. The van der Waals surface area contributed by atoms with Gasteiger partial charge in [-0.05, 0) is 55.5 Å². The van der Waals surface area contributed by atoms with Crippen molar-refractivity contribution in [1.82, 2.24) is 20.4 Å². The summed E-state index contributed by atoms with van der Waals surface area (Å²) in [5, 5.41) is 14.9. The van der Waals surface area contributed by atoms with E-state index in [4.69, 9.17) is 24.4 Å². The molecule has 0 bridgehead atoms. The van der Waals surface area contributed by atoms with Crippen LogP contribution in [0.25, 0.3) is 0 Å². The van der Waals surface area contributed by atoms with Crippen molar-refractivity contribution in [2.24, 2.45) is 10.8 Å². The molecule has 10 heteroatoms. The van der Waals surface area contributed by atoms with E-state index in [0.717, 1.165) is 19.1 Å². The average molecular weight is 467 g/mol. The summed E-state index contributed by atoms with van der Waals surface area (Å²) in [5.41, 5.74) is 0.328. The Hall–Kier alpha value is 0.260. The van der Waals surface area contributed by atoms with Gasteiger partial charge in [-0.1, -0.05) is 80.8 Å². The summed E-state index contributed by atoms with van der Waals surface area (Å²) >= 11 is 17.1. The topological polar surface area (TPSA) is 57.4 Å². The molecule has 2 heterocycles. The highest BCUT2D eigenvalue weighted by molar-refractivity contribution is 8.06. The summed E-state index contributed by atoms with van der Waals surface area (Å²) in [6.45, 7) is 16.2. The Morgan fingerprint density at radius 3 is 1.85 bits per heavy atom. The highest BCUT2D eigenvalue weighted by atomic mass is 32.2. The van der Waals surface area contributed by atoms with Gasteiger partial charge >= 0.3 is 0 Å². The van der Waals surface area contributed by atoms with Crippen molar-refractivity contribution in [3.05, 3.63) is 7.91 Å². The Morgan fingerprint density at radius 1 is 0.923 bits per heavy atom. The number of aromatic nitrogens is 4. The zero-order chi connectivity index (χ0) is 19.8. The first kappa shape index (κ1) is 22.5. The van der Waals surface area contributed by atoms with Crippen molar-refractivity contribution in [3.63, 3.8) is 0 Å². The van der Waals surface area contributed by atoms with Crippen LogP contribution in [-0.4, -0.2) is 30.4 Å². The molecule has 0 saturated carbocycles. The molecule has 0 aliphatic carbocycles. The number of hydrogen-bond acceptors (Lipinski definition) is 8. The average Bonchev–Trinajstić information content (AvgIpc) is 3.01. The molecule has 1 unspecified atom stereocenters. The van der Waals surface area contributed by atoms with Crippen LogP contribution in [0.15, 0.2) is 8.68 Å². The lowest BCUT2D eigenvalue weighted by Crippen LogP contribution is -2.43. The second-order valence-electron chi connectivity index (χ2n) is 8.69. The van der Waals surface area contributed by atoms with Gasteiger partial charge in [0.25, 0.3) is 0 Å². The minimum atomic E-state index is -0.0693. The van der Waals surface area contributed by atoms with E-state index in [2.05, 4.69) is 68.9 Å². The van der Waals surface area contributed by atoms with Crippen LogP contribution in [0.5, 0.6) is 0 Å². The SMILES string of the molecule is CC(C)(C)CC(C)(C)C(Sc1n[nH]c(=S)s1)C(C)(C)Sc1n[nH]c(=S)s1. The number of rotatable bonds is 7. The van der Waals surface area contributed by atoms with Crippen molar-refractivity contribution in [3.8, 4) is 0 Å². The van der Waals surface area contributed by atoms with Crippen LogP contribution in [-0.2, 0) is 0 Å². The first-order chi connectivity index (χ1) is 11.8. The van der Waals surface area contributed by atoms with Crippen molar-refractivity contribution in [2.45, 2.75) is 73.6 Å². The first-order valence-corrected chi connectivity index (χ1v) is 12.4. The maximum Gasteiger partial charge on any atom is 0.177 e. The highest BCUT2D eigenvalue weighted by Gasteiger charge is 2.44. The van der Waals surface area contributed by atoms with E-state index in [1.807, 2.05) is 11.8 Å². The van der Waals surface area contributed by atoms with Crippen LogP contribution in [0.4, 0.5) is 0 Å². The van der Waals surface area contributed by atoms with Gasteiger partial charge in [0.05, 0.1) is 0 Å². The molecule has 0 aromatic carbocycles. The standard InChI is InChI=1S/C16H26N4S6/c1-14(2,3)8-15(4,5)9(23-12-19-17-10(21)24-12)16(6,7)26-13-20-18-11(22)25-13/h9H,8H2,1-7H3,(H,17,21)(H,18,22). The Balaban J connectivity index is 2.37. The molecule has 0 aliphatic rings. The molecule has 2 aromatic heterocycles. The van der Waals surface area contributed by atoms with Gasteiger partial charge < -0.3 is 0 Å². The monoisotopic (exact) mass is 466 g/mol. The second kappa shape index (κ2) is 8.32. The third-order valence-electron chi connectivity index (χ3n) is 3.73. The maximum absolute atomic E-state index is 5.23. The molecule has 26 heavy (non-hydrogen) atoms. The Bertz CT molecular complexity index is 836. The highest BCUT2D eigenvalue weighted by Crippen LogP contribution is 2.53. The van der Waals surface area contributed by atoms with Crippen molar-refractivity contribution in [2.75, 3.05) is 0 Å². The molecule has 0 radical (unpaired) electrons. The first-order valence-electron chi connectivity index (χ1n) is 8.25. The van der Waals surface area contributed by atoms with E-state index < -0.39 is 0 Å². The van der Waals surface area contributed by atoms with Gasteiger partial charge in [-0.3, -0.25) is 10.2 Å². The Kier molecular flexibility index (Phi) is 7.22. The lowest BCUT2D eigenvalue weighted by atomic mass is 9.71. The molecule has 0 aliphatic heterocycles. The summed E-state index contributed by atoms with van der Waals surface area (Å²) in [5.74, 6) is 0. The number of thioether (sulfide) groups is 2. The van der Waals surface area contributed by atoms with Gasteiger partial charge in [0, 0.05) is 10.00 Å². The van der Waals surface area contributed by atoms with Crippen LogP contribution in [0.2, 0.25) is 0 Å². The number of hydrogen-bond donors (Lipinski definition) is 2. The normalized spacial score (nSPS) is 14.6. The minimum absolute atomic E-state index is 0.0693. The second-order valence-corrected chi connectivity index (χ2v) is 15.3. The largest absolute Gasteiger partial charge is 0.257 e. The number of aromatic amines is 2. The summed E-state index contributed by atoms with van der Waals surface area (Å²) in [6.07, 6.45) is 1.10. The predicted molar refractivity (Wildman–Crippen MR) is 122 cm³/mol. The lowest BCUT2D eigenvalue weighted by molar-refractivity contribution is 0.194. The fourth-order valence-electron chi connectivity index (χ4n) is 3.61. The molecule has 0 spiro atoms. The number of nitrogens with zero attached hydrogens (tertiary/aromatic N) is 2.